The van der Waals surface area contributed by atoms with Gasteiger partial charge >= 0.3 is 0 Å². The maximum atomic E-state index is 13.8. The van der Waals surface area contributed by atoms with Crippen LogP contribution in [0.15, 0.2) is 82.2 Å². The average molecular weight is 621 g/mol. The number of carbonyl (C=O) groups is 2. The Balaban J connectivity index is 2.03. The summed E-state index contributed by atoms with van der Waals surface area (Å²) in [5.41, 5.74) is 0.843. The van der Waals surface area contributed by atoms with Crippen molar-refractivity contribution in [3.8, 4) is 5.75 Å². The van der Waals surface area contributed by atoms with E-state index in [0.29, 0.717) is 5.75 Å². The summed E-state index contributed by atoms with van der Waals surface area (Å²) in [6.45, 7) is 4.65. The number of methoxy groups -OCH3 is 1. The predicted molar refractivity (Wildman–Crippen MR) is 151 cm³/mol. The van der Waals surface area contributed by atoms with Crippen LogP contribution in [0.4, 0.5) is 10.1 Å². The van der Waals surface area contributed by atoms with E-state index in [9.17, 15) is 22.4 Å². The Hall–Kier alpha value is -3.44. The van der Waals surface area contributed by atoms with Crippen LogP contribution in [0, 0.1) is 5.82 Å². The number of nitrogens with zero attached hydrogens (tertiary/aromatic N) is 2. The minimum absolute atomic E-state index is 0.0603. The highest BCUT2D eigenvalue weighted by Crippen LogP contribution is 2.26. The zero-order valence-corrected chi connectivity index (χ0v) is 24.5. The van der Waals surface area contributed by atoms with Crippen LogP contribution in [-0.2, 0) is 26.2 Å². The molecule has 0 aliphatic heterocycles. The summed E-state index contributed by atoms with van der Waals surface area (Å²) in [4.78, 5) is 28.0. The van der Waals surface area contributed by atoms with Crippen molar-refractivity contribution in [1.82, 2.24) is 10.2 Å². The smallest absolute Gasteiger partial charge is 0.264 e. The number of sulfonamides is 1. The van der Waals surface area contributed by atoms with Gasteiger partial charge in [0, 0.05) is 17.1 Å². The highest BCUT2D eigenvalue weighted by Gasteiger charge is 2.32. The molecule has 0 radical (unpaired) electrons. The van der Waals surface area contributed by atoms with Crippen molar-refractivity contribution in [1.29, 1.82) is 0 Å². The summed E-state index contributed by atoms with van der Waals surface area (Å²) in [6.07, 6.45) is 0. The number of ether oxygens (including phenoxy) is 1. The molecule has 3 rings (SSSR count). The Kier molecular flexibility index (Phi) is 10.1. The molecule has 39 heavy (non-hydrogen) atoms. The van der Waals surface area contributed by atoms with Gasteiger partial charge in [0.2, 0.25) is 11.8 Å². The van der Waals surface area contributed by atoms with Crippen molar-refractivity contribution >= 4 is 43.5 Å². The Morgan fingerprint density at radius 3 is 2.21 bits per heavy atom. The van der Waals surface area contributed by atoms with Crippen LogP contribution in [-0.4, -0.2) is 50.9 Å². The topological polar surface area (TPSA) is 96.0 Å². The molecule has 3 aromatic rings. The lowest BCUT2D eigenvalue weighted by atomic mass is 10.1. The summed E-state index contributed by atoms with van der Waals surface area (Å²) in [5, 5.41) is 2.81. The molecule has 0 bridgehead atoms. The molecule has 11 heteroatoms. The minimum Gasteiger partial charge on any atom is -0.497 e. The van der Waals surface area contributed by atoms with E-state index in [1.165, 1.54) is 48.4 Å². The van der Waals surface area contributed by atoms with E-state index in [0.717, 1.165) is 26.5 Å². The zero-order valence-electron chi connectivity index (χ0n) is 22.1. The number of carbonyl (C=O) groups excluding carboxylic acids is 2. The van der Waals surface area contributed by atoms with E-state index >= 15 is 0 Å². The summed E-state index contributed by atoms with van der Waals surface area (Å²) >= 11 is 3.42. The number of benzene rings is 3. The summed E-state index contributed by atoms with van der Waals surface area (Å²) in [6, 6.07) is 16.7. The first-order valence-corrected chi connectivity index (χ1v) is 14.4. The lowest BCUT2D eigenvalue weighted by Crippen LogP contribution is -2.52. The molecule has 0 spiro atoms. The largest absolute Gasteiger partial charge is 0.497 e. The van der Waals surface area contributed by atoms with Gasteiger partial charge in [0.1, 0.15) is 24.2 Å². The molecule has 0 saturated carbocycles. The molecule has 208 valence electrons. The van der Waals surface area contributed by atoms with E-state index in [-0.39, 0.29) is 29.1 Å². The Labute approximate surface area is 236 Å². The highest BCUT2D eigenvalue weighted by atomic mass is 79.9. The first-order valence-electron chi connectivity index (χ1n) is 12.2. The zero-order chi connectivity index (χ0) is 28.7. The van der Waals surface area contributed by atoms with Gasteiger partial charge in [-0.25, -0.2) is 12.8 Å². The van der Waals surface area contributed by atoms with Crippen molar-refractivity contribution in [3.63, 3.8) is 0 Å². The van der Waals surface area contributed by atoms with Crippen molar-refractivity contribution in [2.75, 3.05) is 18.0 Å². The molecule has 1 unspecified atom stereocenters. The van der Waals surface area contributed by atoms with E-state index in [1.54, 1.807) is 13.0 Å². The standard InChI is InChI=1S/C28H31BrFN3O5S/c1-19(2)31-28(35)20(3)32(17-21-6-5-7-22(29)16-21)27(34)18-33(24-10-8-23(30)9-11-24)39(36,37)26-14-12-25(38-4)13-15-26/h5-16,19-20H,17-18H2,1-4H3,(H,31,35). The van der Waals surface area contributed by atoms with Gasteiger partial charge in [0.15, 0.2) is 0 Å². The number of anilines is 1. The number of amides is 2. The van der Waals surface area contributed by atoms with E-state index < -0.39 is 34.3 Å². The fourth-order valence-electron chi connectivity index (χ4n) is 3.83. The predicted octanol–water partition coefficient (Wildman–Crippen LogP) is 4.73. The van der Waals surface area contributed by atoms with Gasteiger partial charge in [-0.2, -0.15) is 0 Å². The summed E-state index contributed by atoms with van der Waals surface area (Å²) in [7, 11) is -2.80. The van der Waals surface area contributed by atoms with E-state index in [4.69, 9.17) is 4.74 Å². The highest BCUT2D eigenvalue weighted by molar-refractivity contribution is 9.10. The Morgan fingerprint density at radius 1 is 1.00 bits per heavy atom. The number of hydrogen-bond acceptors (Lipinski definition) is 5. The summed E-state index contributed by atoms with van der Waals surface area (Å²) in [5.74, 6) is -1.08. The SMILES string of the molecule is COc1ccc(S(=O)(=O)N(CC(=O)N(Cc2cccc(Br)c2)C(C)C(=O)NC(C)C)c2ccc(F)cc2)cc1. The third kappa shape index (κ3) is 7.79. The second kappa shape index (κ2) is 13.1. The average Bonchev–Trinajstić information content (AvgIpc) is 2.90. The monoisotopic (exact) mass is 619 g/mol. The molecule has 3 aromatic carbocycles. The number of nitrogens with one attached hydrogen (secondary N) is 1. The molecule has 1 atom stereocenters. The van der Waals surface area contributed by atoms with Gasteiger partial charge in [-0.1, -0.05) is 28.1 Å². The molecular weight excluding hydrogens is 589 g/mol. The Morgan fingerprint density at radius 2 is 1.64 bits per heavy atom. The second-order valence-electron chi connectivity index (χ2n) is 9.15. The quantitative estimate of drug-likeness (QED) is 0.335. The Bertz CT molecular complexity index is 1400. The minimum atomic E-state index is -4.27. The van der Waals surface area contributed by atoms with Crippen LogP contribution in [0.1, 0.15) is 26.3 Å². The third-order valence-corrected chi connectivity index (χ3v) is 8.16. The van der Waals surface area contributed by atoms with Crippen molar-refractivity contribution < 1.29 is 27.1 Å². The summed E-state index contributed by atoms with van der Waals surface area (Å²) < 4.78 is 48.1. The number of rotatable bonds is 11. The van der Waals surface area contributed by atoms with Crippen LogP contribution in [0.25, 0.3) is 0 Å². The van der Waals surface area contributed by atoms with Crippen molar-refractivity contribution in [3.05, 3.63) is 88.6 Å². The normalized spacial score (nSPS) is 12.1. The van der Waals surface area contributed by atoms with Gasteiger partial charge in [0.05, 0.1) is 17.7 Å². The van der Waals surface area contributed by atoms with Crippen LogP contribution in [0.5, 0.6) is 5.75 Å². The van der Waals surface area contributed by atoms with Gasteiger partial charge in [0.25, 0.3) is 10.0 Å². The van der Waals surface area contributed by atoms with Gasteiger partial charge < -0.3 is 15.0 Å². The molecule has 0 fully saturated rings. The van der Waals surface area contributed by atoms with Crippen LogP contribution in [0.2, 0.25) is 0 Å². The number of hydrogen-bond donors (Lipinski definition) is 1. The molecule has 2 amide bonds. The molecule has 8 nitrogen and oxygen atoms in total. The molecular formula is C28H31BrFN3O5S. The molecule has 0 aliphatic rings. The number of halogens is 2. The first-order chi connectivity index (χ1) is 18.4. The van der Waals surface area contributed by atoms with Crippen LogP contribution >= 0.6 is 15.9 Å². The van der Waals surface area contributed by atoms with Gasteiger partial charge in [-0.15, -0.1) is 0 Å². The molecule has 0 heterocycles. The first kappa shape index (κ1) is 30.1. The maximum absolute atomic E-state index is 13.8. The molecule has 1 N–H and O–H groups in total. The fourth-order valence-corrected chi connectivity index (χ4v) is 5.69. The van der Waals surface area contributed by atoms with Crippen LogP contribution in [0.3, 0.4) is 0 Å². The fraction of sp³-hybridized carbons (Fsp3) is 0.286. The molecule has 0 aliphatic carbocycles. The third-order valence-electron chi connectivity index (χ3n) is 5.88. The van der Waals surface area contributed by atoms with Gasteiger partial charge in [-0.05, 0) is 87.0 Å². The lowest BCUT2D eigenvalue weighted by Gasteiger charge is -2.32. The molecule has 0 aromatic heterocycles. The van der Waals surface area contributed by atoms with Crippen molar-refractivity contribution in [2.45, 2.75) is 44.3 Å². The maximum Gasteiger partial charge on any atom is 0.264 e. The second-order valence-corrected chi connectivity index (χ2v) is 11.9. The lowest BCUT2D eigenvalue weighted by molar-refractivity contribution is -0.139. The molecule has 0 saturated heterocycles. The van der Waals surface area contributed by atoms with E-state index in [2.05, 4.69) is 21.2 Å². The van der Waals surface area contributed by atoms with Crippen molar-refractivity contribution in [2.24, 2.45) is 0 Å². The van der Waals surface area contributed by atoms with Crippen LogP contribution < -0.4 is 14.4 Å². The van der Waals surface area contributed by atoms with Gasteiger partial charge in [-0.3, -0.25) is 13.9 Å². The van der Waals surface area contributed by atoms with E-state index in [1.807, 2.05) is 32.0 Å².